The third-order valence-electron chi connectivity index (χ3n) is 4.35. The van der Waals surface area contributed by atoms with Crippen molar-refractivity contribution < 1.29 is 8.42 Å². The van der Waals surface area contributed by atoms with E-state index in [-0.39, 0.29) is 4.90 Å². The van der Waals surface area contributed by atoms with E-state index >= 15 is 0 Å². The largest absolute Gasteiger partial charge is 0.347 e. The lowest BCUT2D eigenvalue weighted by Crippen LogP contribution is -2.14. The van der Waals surface area contributed by atoms with Crippen molar-refractivity contribution in [1.29, 1.82) is 0 Å². The van der Waals surface area contributed by atoms with E-state index < -0.39 is 10.0 Å². The summed E-state index contributed by atoms with van der Waals surface area (Å²) in [6.07, 6.45) is 5.72. The molecular weight excluding hydrogens is 386 g/mol. The fourth-order valence-electron chi connectivity index (χ4n) is 3.05. The minimum Gasteiger partial charge on any atom is -0.347 e. The first kappa shape index (κ1) is 17.8. The molecule has 3 aromatic heterocycles. The summed E-state index contributed by atoms with van der Waals surface area (Å²) in [5.74, 6) is 0. The maximum atomic E-state index is 12.8. The van der Waals surface area contributed by atoms with Gasteiger partial charge in [0, 0.05) is 29.3 Å². The summed E-state index contributed by atoms with van der Waals surface area (Å²) in [6, 6.07) is 7.47. The van der Waals surface area contributed by atoms with Crippen LogP contribution in [0.4, 0.5) is 5.69 Å². The number of halogens is 1. The van der Waals surface area contributed by atoms with E-state index in [1.54, 1.807) is 13.0 Å². The van der Waals surface area contributed by atoms with Crippen LogP contribution in [0.1, 0.15) is 19.0 Å². The van der Waals surface area contributed by atoms with E-state index in [4.69, 9.17) is 11.6 Å². The van der Waals surface area contributed by atoms with Crippen LogP contribution in [-0.4, -0.2) is 27.6 Å². The van der Waals surface area contributed by atoms with E-state index in [1.807, 2.05) is 24.4 Å². The van der Waals surface area contributed by atoms with Crippen LogP contribution in [0.15, 0.2) is 47.8 Å². The van der Waals surface area contributed by atoms with Crippen LogP contribution in [0.25, 0.3) is 16.6 Å². The molecule has 0 bridgehead atoms. The molecule has 0 saturated heterocycles. The van der Waals surface area contributed by atoms with Crippen molar-refractivity contribution in [3.8, 4) is 0 Å². The van der Waals surface area contributed by atoms with Crippen molar-refractivity contribution >= 4 is 43.9 Å². The Labute approximate surface area is 161 Å². The highest BCUT2D eigenvalue weighted by molar-refractivity contribution is 7.92. The van der Waals surface area contributed by atoms with Crippen molar-refractivity contribution in [2.75, 3.05) is 4.72 Å². The predicted octanol–water partition coefficient (Wildman–Crippen LogP) is 3.86. The summed E-state index contributed by atoms with van der Waals surface area (Å²) in [6.45, 7) is 4.78. The van der Waals surface area contributed by atoms with Gasteiger partial charge in [-0.2, -0.15) is 5.10 Å². The van der Waals surface area contributed by atoms with Crippen LogP contribution in [0.5, 0.6) is 0 Å². The molecular formula is C18H18ClN5O2S. The monoisotopic (exact) mass is 403 g/mol. The number of sulfonamides is 1. The Hall–Kier alpha value is -2.58. The summed E-state index contributed by atoms with van der Waals surface area (Å²) >= 11 is 6.10. The predicted molar refractivity (Wildman–Crippen MR) is 106 cm³/mol. The summed E-state index contributed by atoms with van der Waals surface area (Å²) in [5.41, 5.74) is 2.58. The maximum absolute atomic E-state index is 12.8. The second-order valence-corrected chi connectivity index (χ2v) is 8.41. The molecule has 4 rings (SSSR count). The standard InChI is InChI=1S/C18H18ClN5O2S/c1-3-7-23-8-6-13-9-14(4-5-16(13)23)22-27(25,26)15-10-20-18-17(19)12(2)21-24(18)11-15/h4-6,8-11,22H,3,7H2,1-2H3. The molecule has 27 heavy (non-hydrogen) atoms. The molecule has 0 aliphatic carbocycles. The lowest BCUT2D eigenvalue weighted by atomic mass is 10.2. The molecule has 1 aromatic carbocycles. The van der Waals surface area contributed by atoms with Gasteiger partial charge in [0.05, 0.1) is 18.1 Å². The van der Waals surface area contributed by atoms with Gasteiger partial charge in [-0.1, -0.05) is 18.5 Å². The van der Waals surface area contributed by atoms with Gasteiger partial charge in [0.25, 0.3) is 10.0 Å². The van der Waals surface area contributed by atoms with Crippen molar-refractivity contribution in [2.24, 2.45) is 0 Å². The topological polar surface area (TPSA) is 81.3 Å². The van der Waals surface area contributed by atoms with Crippen LogP contribution in [0.3, 0.4) is 0 Å². The van der Waals surface area contributed by atoms with Gasteiger partial charge < -0.3 is 4.57 Å². The molecule has 0 fully saturated rings. The van der Waals surface area contributed by atoms with E-state index in [0.29, 0.717) is 22.1 Å². The average molecular weight is 404 g/mol. The fraction of sp³-hybridized carbons (Fsp3) is 0.222. The highest BCUT2D eigenvalue weighted by atomic mass is 35.5. The normalized spacial score (nSPS) is 12.1. The Bertz CT molecular complexity index is 1260. The molecule has 1 N–H and O–H groups in total. The third kappa shape index (κ3) is 3.15. The third-order valence-corrected chi connectivity index (χ3v) is 6.13. The Morgan fingerprint density at radius 3 is 2.85 bits per heavy atom. The zero-order valence-corrected chi connectivity index (χ0v) is 16.4. The second-order valence-electron chi connectivity index (χ2n) is 6.35. The molecule has 0 amide bonds. The van der Waals surface area contributed by atoms with E-state index in [2.05, 4.69) is 26.3 Å². The molecule has 0 unspecified atom stereocenters. The summed E-state index contributed by atoms with van der Waals surface area (Å²) in [7, 11) is -3.80. The van der Waals surface area contributed by atoms with Gasteiger partial charge in [0.2, 0.25) is 0 Å². The van der Waals surface area contributed by atoms with E-state index in [1.165, 1.54) is 16.9 Å². The number of anilines is 1. The number of fused-ring (bicyclic) bond motifs is 2. The number of benzene rings is 1. The quantitative estimate of drug-likeness (QED) is 0.548. The van der Waals surface area contributed by atoms with Crippen LogP contribution in [0, 0.1) is 6.92 Å². The van der Waals surface area contributed by atoms with Crippen molar-refractivity contribution in [3.63, 3.8) is 0 Å². The van der Waals surface area contributed by atoms with Crippen LogP contribution < -0.4 is 4.72 Å². The minimum absolute atomic E-state index is 0.0119. The van der Waals surface area contributed by atoms with Gasteiger partial charge in [-0.3, -0.25) is 4.72 Å². The number of nitrogens with zero attached hydrogens (tertiary/aromatic N) is 4. The lowest BCUT2D eigenvalue weighted by Gasteiger charge is -2.09. The molecule has 0 spiro atoms. The van der Waals surface area contributed by atoms with Crippen molar-refractivity contribution in [2.45, 2.75) is 31.7 Å². The number of nitrogens with one attached hydrogen (secondary N) is 1. The van der Waals surface area contributed by atoms with Gasteiger partial charge in [0.15, 0.2) is 5.65 Å². The Morgan fingerprint density at radius 2 is 2.07 bits per heavy atom. The fourth-order valence-corrected chi connectivity index (χ4v) is 4.21. The highest BCUT2D eigenvalue weighted by Crippen LogP contribution is 2.24. The number of aromatic nitrogens is 4. The summed E-state index contributed by atoms with van der Waals surface area (Å²) < 4.78 is 31.6. The number of hydrogen-bond acceptors (Lipinski definition) is 4. The molecule has 0 saturated carbocycles. The summed E-state index contributed by atoms with van der Waals surface area (Å²) in [5, 5.41) is 5.57. The van der Waals surface area contributed by atoms with Crippen LogP contribution in [0.2, 0.25) is 5.02 Å². The smallest absolute Gasteiger partial charge is 0.264 e. The molecule has 0 aliphatic rings. The molecule has 0 aliphatic heterocycles. The molecule has 7 nitrogen and oxygen atoms in total. The molecule has 4 aromatic rings. The molecule has 0 radical (unpaired) electrons. The first-order valence-corrected chi connectivity index (χ1v) is 10.4. The first-order chi connectivity index (χ1) is 12.9. The highest BCUT2D eigenvalue weighted by Gasteiger charge is 2.18. The molecule has 0 atom stereocenters. The lowest BCUT2D eigenvalue weighted by molar-refractivity contribution is 0.599. The second kappa shape index (κ2) is 6.54. The minimum atomic E-state index is -3.80. The van der Waals surface area contributed by atoms with Gasteiger partial charge in [0.1, 0.15) is 9.92 Å². The molecule has 140 valence electrons. The Balaban J connectivity index is 1.67. The van der Waals surface area contributed by atoms with Gasteiger partial charge >= 0.3 is 0 Å². The zero-order valence-electron chi connectivity index (χ0n) is 14.8. The van der Waals surface area contributed by atoms with Crippen LogP contribution >= 0.6 is 11.6 Å². The first-order valence-electron chi connectivity index (χ1n) is 8.51. The Kier molecular flexibility index (Phi) is 4.32. The van der Waals surface area contributed by atoms with Crippen LogP contribution in [-0.2, 0) is 16.6 Å². The molecule has 9 heteroatoms. The van der Waals surface area contributed by atoms with E-state index in [0.717, 1.165) is 23.9 Å². The maximum Gasteiger partial charge on any atom is 0.264 e. The summed E-state index contributed by atoms with van der Waals surface area (Å²) in [4.78, 5) is 4.14. The number of aryl methyl sites for hydroxylation is 2. The van der Waals surface area contributed by atoms with Crippen molar-refractivity contribution in [3.05, 3.63) is 53.6 Å². The van der Waals surface area contributed by atoms with Gasteiger partial charge in [-0.05, 0) is 37.6 Å². The Morgan fingerprint density at radius 1 is 1.26 bits per heavy atom. The van der Waals surface area contributed by atoms with Gasteiger partial charge in [-0.15, -0.1) is 0 Å². The number of rotatable bonds is 5. The average Bonchev–Trinajstić information content (AvgIpc) is 3.15. The number of hydrogen-bond donors (Lipinski definition) is 1. The van der Waals surface area contributed by atoms with Gasteiger partial charge in [-0.25, -0.2) is 17.9 Å². The van der Waals surface area contributed by atoms with Crippen molar-refractivity contribution in [1.82, 2.24) is 19.2 Å². The SMILES string of the molecule is CCCn1ccc2cc(NS(=O)(=O)c3cnc4c(Cl)c(C)nn4c3)ccc21. The molecule has 3 heterocycles. The van der Waals surface area contributed by atoms with E-state index in [9.17, 15) is 8.42 Å². The zero-order chi connectivity index (χ0) is 19.2.